The molecule has 5 nitrogen and oxygen atoms in total. The van der Waals surface area contributed by atoms with Gasteiger partial charge in [0.05, 0.1) is 16.4 Å². The molecule has 1 aliphatic rings. The van der Waals surface area contributed by atoms with E-state index in [1.54, 1.807) is 0 Å². The number of ether oxygens (including phenoxy) is 1. The van der Waals surface area contributed by atoms with Gasteiger partial charge in [-0.3, -0.25) is 4.99 Å². The Morgan fingerprint density at radius 2 is 2.00 bits per heavy atom. The van der Waals surface area contributed by atoms with Crippen LogP contribution in [0.3, 0.4) is 0 Å². The van der Waals surface area contributed by atoms with Crippen molar-refractivity contribution in [2.75, 3.05) is 11.6 Å². The first-order valence-corrected chi connectivity index (χ1v) is 10.0. The molecular weight excluding hydrogens is 384 g/mol. The Morgan fingerprint density at radius 3 is 2.83 bits per heavy atom. The van der Waals surface area contributed by atoms with Crippen molar-refractivity contribution in [1.82, 2.24) is 9.55 Å². The minimum absolute atomic E-state index is 0.376. The average Bonchev–Trinajstić information content (AvgIpc) is 3.36. The smallest absolute Gasteiger partial charge is 0.146 e. The molecule has 2 aromatic heterocycles. The van der Waals surface area contributed by atoms with Gasteiger partial charge in [-0.2, -0.15) is 0 Å². The number of aromatic nitrogens is 2. The average molecular weight is 405 g/mol. The first kappa shape index (κ1) is 17.9. The molecule has 6 heteroatoms. The molecule has 1 aliphatic heterocycles. The molecule has 0 radical (unpaired) electrons. The van der Waals surface area contributed by atoms with E-state index >= 15 is 0 Å². The van der Waals surface area contributed by atoms with Gasteiger partial charge < -0.3 is 19.2 Å². The van der Waals surface area contributed by atoms with E-state index in [4.69, 9.17) is 16.3 Å². The van der Waals surface area contributed by atoms with Crippen LogP contribution < -0.4 is 9.64 Å². The van der Waals surface area contributed by atoms with Crippen LogP contribution in [-0.2, 0) is 0 Å². The maximum atomic E-state index is 6.60. The summed E-state index contributed by atoms with van der Waals surface area (Å²) in [5.41, 5.74) is 4.27. The zero-order valence-corrected chi connectivity index (χ0v) is 17.0. The molecule has 1 N–H and O–H groups in total. The van der Waals surface area contributed by atoms with E-state index in [2.05, 4.69) is 45.6 Å². The fourth-order valence-corrected chi connectivity index (χ4v) is 3.98. The lowest BCUT2D eigenvalue weighted by Gasteiger charge is -2.27. The molecule has 4 aromatic rings. The van der Waals surface area contributed by atoms with Crippen LogP contribution in [0.4, 0.5) is 11.4 Å². The van der Waals surface area contributed by atoms with Crippen molar-refractivity contribution in [3.8, 4) is 11.5 Å². The number of rotatable bonds is 4. The second-order valence-electron chi connectivity index (χ2n) is 7.38. The molecule has 0 saturated heterocycles. The van der Waals surface area contributed by atoms with Gasteiger partial charge in [-0.15, -0.1) is 0 Å². The summed E-state index contributed by atoms with van der Waals surface area (Å²) < 4.78 is 8.35. The van der Waals surface area contributed by atoms with Crippen molar-refractivity contribution in [1.29, 1.82) is 0 Å². The largest absolute Gasteiger partial charge is 0.455 e. The van der Waals surface area contributed by atoms with E-state index in [-0.39, 0.29) is 0 Å². The van der Waals surface area contributed by atoms with Crippen LogP contribution >= 0.6 is 11.6 Å². The number of anilines is 2. The number of fused-ring (bicyclic) bond motifs is 2. The lowest BCUT2D eigenvalue weighted by Crippen LogP contribution is -2.22. The summed E-state index contributed by atoms with van der Waals surface area (Å²) in [6.45, 7) is 4.90. The zero-order chi connectivity index (χ0) is 20.0. The van der Waals surface area contributed by atoms with Gasteiger partial charge in [-0.25, -0.2) is 0 Å². The van der Waals surface area contributed by atoms with Crippen molar-refractivity contribution < 1.29 is 4.74 Å². The summed E-state index contributed by atoms with van der Waals surface area (Å²) in [5.74, 6) is 1.40. The lowest BCUT2D eigenvalue weighted by molar-refractivity contribution is 0.488. The number of halogens is 1. The minimum atomic E-state index is 0.376. The maximum Gasteiger partial charge on any atom is 0.146 e. The van der Waals surface area contributed by atoms with Crippen LogP contribution in [0.5, 0.6) is 11.5 Å². The highest BCUT2D eigenvalue weighted by molar-refractivity contribution is 6.32. The molecule has 0 bridgehead atoms. The Hall–Kier alpha value is -3.18. The van der Waals surface area contributed by atoms with Crippen LogP contribution in [-0.4, -0.2) is 22.4 Å². The van der Waals surface area contributed by atoms with Crippen LogP contribution in [0.2, 0.25) is 5.02 Å². The molecule has 0 atom stereocenters. The summed E-state index contributed by atoms with van der Waals surface area (Å²) in [6, 6.07) is 16.3. The van der Waals surface area contributed by atoms with Crippen molar-refractivity contribution in [2.24, 2.45) is 4.99 Å². The quantitative estimate of drug-likeness (QED) is 0.420. The summed E-state index contributed by atoms with van der Waals surface area (Å²) in [6.07, 6.45) is 5.96. The Morgan fingerprint density at radius 1 is 1.10 bits per heavy atom. The van der Waals surface area contributed by atoms with Crippen LogP contribution in [0.15, 0.2) is 65.9 Å². The highest BCUT2D eigenvalue weighted by atomic mass is 35.5. The van der Waals surface area contributed by atoms with Gasteiger partial charge in [-0.05, 0) is 56.3 Å². The Labute approximate surface area is 174 Å². The highest BCUT2D eigenvalue weighted by Gasteiger charge is 2.21. The van der Waals surface area contributed by atoms with Gasteiger partial charge >= 0.3 is 0 Å². The first-order valence-electron chi connectivity index (χ1n) is 9.63. The highest BCUT2D eigenvalue weighted by Crippen LogP contribution is 2.38. The van der Waals surface area contributed by atoms with Gasteiger partial charge in [0.2, 0.25) is 0 Å². The first-order chi connectivity index (χ1) is 14.1. The minimum Gasteiger partial charge on any atom is -0.455 e. The lowest BCUT2D eigenvalue weighted by atomic mass is 10.2. The molecule has 3 heterocycles. The van der Waals surface area contributed by atoms with E-state index in [9.17, 15) is 0 Å². The molecule has 146 valence electrons. The van der Waals surface area contributed by atoms with Crippen LogP contribution in [0, 0.1) is 0 Å². The van der Waals surface area contributed by atoms with E-state index in [0.717, 1.165) is 33.7 Å². The van der Waals surface area contributed by atoms with Gasteiger partial charge in [0.25, 0.3) is 0 Å². The van der Waals surface area contributed by atoms with Gasteiger partial charge in [0.1, 0.15) is 18.2 Å². The second-order valence-corrected chi connectivity index (χ2v) is 7.79. The van der Waals surface area contributed by atoms with E-state index in [0.29, 0.717) is 23.5 Å². The number of H-pyrrole nitrogens is 1. The molecular formula is C23H21ClN4O. The van der Waals surface area contributed by atoms with Gasteiger partial charge in [-0.1, -0.05) is 17.7 Å². The molecule has 0 amide bonds. The predicted molar refractivity (Wildman–Crippen MR) is 119 cm³/mol. The topological polar surface area (TPSA) is 45.5 Å². The third-order valence-electron chi connectivity index (χ3n) is 5.22. The molecule has 0 spiro atoms. The van der Waals surface area contributed by atoms with E-state index in [1.807, 2.05) is 54.9 Å². The second kappa shape index (κ2) is 7.01. The summed E-state index contributed by atoms with van der Waals surface area (Å²) >= 11 is 6.60. The standard InChI is InChI=1S/C23H21ClN4O/c1-15(2)27-11-9-20-21(27)13-25-14-28(20)16-6-7-23(18(24)12-16)29-22-5-3-4-19-17(22)8-10-26-19/h3-13,15,26H,14H2,1-2H3. The molecule has 0 aliphatic carbocycles. The third-order valence-corrected chi connectivity index (χ3v) is 5.51. The number of aliphatic imine (C=N–C) groups is 1. The zero-order valence-electron chi connectivity index (χ0n) is 16.3. The molecule has 2 aromatic carbocycles. The van der Waals surface area contributed by atoms with Crippen molar-refractivity contribution >= 4 is 40.1 Å². The number of aromatic amines is 1. The van der Waals surface area contributed by atoms with E-state index in [1.165, 1.54) is 0 Å². The van der Waals surface area contributed by atoms with Crippen LogP contribution in [0.25, 0.3) is 10.9 Å². The Balaban J connectivity index is 1.47. The number of hydrogen-bond donors (Lipinski definition) is 1. The maximum absolute atomic E-state index is 6.60. The summed E-state index contributed by atoms with van der Waals surface area (Å²) in [5, 5.41) is 1.59. The Kier molecular flexibility index (Phi) is 4.32. The predicted octanol–water partition coefficient (Wildman–Crippen LogP) is 6.52. The molecule has 0 unspecified atom stereocenters. The molecule has 5 rings (SSSR count). The fourth-order valence-electron chi connectivity index (χ4n) is 3.77. The van der Waals surface area contributed by atoms with Crippen LogP contribution in [0.1, 0.15) is 25.6 Å². The number of nitrogens with one attached hydrogen (secondary N) is 1. The monoisotopic (exact) mass is 404 g/mol. The summed E-state index contributed by atoms with van der Waals surface area (Å²) in [4.78, 5) is 9.90. The normalized spacial score (nSPS) is 13.3. The summed E-state index contributed by atoms with van der Waals surface area (Å²) in [7, 11) is 0. The number of benzene rings is 2. The SMILES string of the molecule is CC(C)n1ccc2c1C=NCN2c1ccc(Oc2cccc3[nH]ccc23)c(Cl)c1. The number of hydrogen-bond acceptors (Lipinski definition) is 3. The number of nitrogens with zero attached hydrogens (tertiary/aromatic N) is 3. The Bertz CT molecular complexity index is 1220. The fraction of sp³-hybridized carbons (Fsp3) is 0.174. The molecule has 29 heavy (non-hydrogen) atoms. The third kappa shape index (κ3) is 3.08. The van der Waals surface area contributed by atoms with Crippen molar-refractivity contribution in [2.45, 2.75) is 19.9 Å². The van der Waals surface area contributed by atoms with Gasteiger partial charge in [0.15, 0.2) is 0 Å². The molecule has 0 fully saturated rings. The van der Waals surface area contributed by atoms with E-state index < -0.39 is 0 Å². The van der Waals surface area contributed by atoms with Crippen molar-refractivity contribution in [3.63, 3.8) is 0 Å². The van der Waals surface area contributed by atoms with Crippen molar-refractivity contribution in [3.05, 3.63) is 71.6 Å². The van der Waals surface area contributed by atoms with Gasteiger partial charge in [0, 0.05) is 41.2 Å². The molecule has 0 saturated carbocycles.